The number of anilines is 2. The number of likely N-dealkylation sites (tertiary alicyclic amines) is 1. The number of amides is 8. The maximum absolute atomic E-state index is 13.9. The zero-order valence-corrected chi connectivity index (χ0v) is 54.8. The van der Waals surface area contributed by atoms with Crippen LogP contribution in [0.25, 0.3) is 0 Å². The van der Waals surface area contributed by atoms with Crippen LogP contribution < -0.4 is 35.6 Å². The fourth-order valence-corrected chi connectivity index (χ4v) is 10.00. The summed E-state index contributed by atoms with van der Waals surface area (Å²) in [4.78, 5) is 108. The van der Waals surface area contributed by atoms with Gasteiger partial charge in [0.2, 0.25) is 35.4 Å². The van der Waals surface area contributed by atoms with Gasteiger partial charge in [-0.2, -0.15) is 0 Å². The largest absolute Gasteiger partial charge is 0.493 e. The van der Waals surface area contributed by atoms with E-state index < -0.39 is 60.0 Å². The molecule has 1 aliphatic carbocycles. The molecule has 1 fully saturated rings. The molecule has 0 aromatic heterocycles. The minimum atomic E-state index is -1.46. The topological polar surface area (TPSA) is 316 Å². The Morgan fingerprint density at radius 1 is 0.660 bits per heavy atom. The minimum Gasteiger partial charge on any atom is -0.493 e. The number of allylic oxidation sites excluding steroid dienone is 7. The fraction of sp³-hybridized carbons (Fsp3) is 0.552. The number of hydrogen-bond donors (Lipinski definition) is 5. The molecule has 6 rings (SSSR count). The van der Waals surface area contributed by atoms with Crippen LogP contribution in [-0.2, 0) is 78.0 Å². The van der Waals surface area contributed by atoms with Crippen molar-refractivity contribution in [2.45, 2.75) is 97.7 Å². The Kier molecular flexibility index (Phi) is 32.8. The molecule has 3 heterocycles. The zero-order valence-electron chi connectivity index (χ0n) is 54.8. The number of imide groups is 1. The summed E-state index contributed by atoms with van der Waals surface area (Å²) >= 11 is 0. The maximum Gasteiger partial charge on any atom is 0.416 e. The second-order valence-electron chi connectivity index (χ2n) is 22.6. The van der Waals surface area contributed by atoms with E-state index in [4.69, 9.17) is 52.1 Å². The van der Waals surface area contributed by atoms with Crippen LogP contribution in [0.2, 0.25) is 0 Å². The molecule has 0 radical (unpaired) electrons. The standard InChI is InChI=1S/C67H93N7O20/c1-7-23-93-57-43-54-53(41-56(57)84-6)65(81)73-44-47(4)40-55(73)66(82)74(54)67(83)94-45-49-15-17-51(18-16-49)70-62(78)48(5)69-63(79)61(46(2)3)71-59(76)20-24-85-26-28-87-30-32-89-34-36-91-38-39-92-37-35-90-33-31-88-29-27-86-25-21-68-58(75)19-22-72-60(77)42-52(64(72)80)50-13-11-9-8-10-12-14-50/h8-18,41,43-44,46,48,52,55,61,66,82H,7,19-40,42,45H2,1-6H3,(H,68,75)(H,69,79)(H,70,78)(H,71,76)/b9-8-,10-8?,11-9?,12-10-,13-11?,14-12?,50-13?,50-14?/t48-,52?,55-,61-,66-/m0/s1. The van der Waals surface area contributed by atoms with Crippen molar-refractivity contribution in [2.75, 3.05) is 143 Å². The third kappa shape index (κ3) is 24.5. The molecule has 94 heavy (non-hydrogen) atoms. The van der Waals surface area contributed by atoms with Crippen LogP contribution in [0.1, 0.15) is 82.6 Å². The highest BCUT2D eigenvalue weighted by molar-refractivity contribution is 6.07. The summed E-state index contributed by atoms with van der Waals surface area (Å²) in [5.41, 5.74) is 2.81. The van der Waals surface area contributed by atoms with E-state index in [-0.39, 0.29) is 87.1 Å². The SMILES string of the molecule is CCCOc1cc2c(cc1OC)C(=O)N1C=C(C)C[C@H]1[C@H](O)N2C(=O)OCc1ccc(NC(=O)[C@H](C)NC(=O)[C@@H](NC(=O)CCOCCOCCOCCOCCOCCOCCOCCOCCNC(=O)CCN2C(=O)CC(C3=C/C=C\C=C/C=C3)C2=O)C(C)C)cc1. The monoisotopic (exact) mass is 1320 g/mol. The van der Waals surface area contributed by atoms with Gasteiger partial charge in [0.25, 0.3) is 5.91 Å². The summed E-state index contributed by atoms with van der Waals surface area (Å²) in [5, 5.41) is 22.6. The van der Waals surface area contributed by atoms with Crippen molar-refractivity contribution < 1.29 is 95.6 Å². The highest BCUT2D eigenvalue weighted by Crippen LogP contribution is 2.42. The first-order chi connectivity index (χ1) is 45.5. The number of nitrogens with zero attached hydrogens (tertiary/aromatic N) is 3. The number of hydrogen-bond acceptors (Lipinski definition) is 20. The van der Waals surface area contributed by atoms with E-state index in [1.54, 1.807) is 44.3 Å². The number of benzene rings is 2. The Hall–Kier alpha value is -7.86. The first-order valence-electron chi connectivity index (χ1n) is 31.9. The Bertz CT molecular complexity index is 2970. The molecular weight excluding hydrogens is 1220 g/mol. The van der Waals surface area contributed by atoms with E-state index in [9.17, 15) is 43.5 Å². The van der Waals surface area contributed by atoms with Crippen molar-refractivity contribution in [2.24, 2.45) is 11.8 Å². The van der Waals surface area contributed by atoms with Gasteiger partial charge in [-0.15, -0.1) is 0 Å². The number of carbonyl (C=O) groups is 8. The molecule has 1 unspecified atom stereocenters. The molecule has 516 valence electrons. The highest BCUT2D eigenvalue weighted by atomic mass is 16.6. The number of methoxy groups -OCH3 is 1. The lowest BCUT2D eigenvalue weighted by Crippen LogP contribution is -2.53. The van der Waals surface area contributed by atoms with Crippen molar-refractivity contribution in [1.82, 2.24) is 25.8 Å². The number of fused-ring (bicyclic) bond motifs is 2. The van der Waals surface area contributed by atoms with Gasteiger partial charge >= 0.3 is 6.09 Å². The fourth-order valence-electron chi connectivity index (χ4n) is 10.00. The van der Waals surface area contributed by atoms with Crippen molar-refractivity contribution in [3.63, 3.8) is 0 Å². The maximum atomic E-state index is 13.9. The van der Waals surface area contributed by atoms with Gasteiger partial charge in [-0.25, -0.2) is 9.69 Å². The third-order valence-corrected chi connectivity index (χ3v) is 15.0. The molecule has 5 atom stereocenters. The minimum absolute atomic E-state index is 0.00144. The van der Waals surface area contributed by atoms with Gasteiger partial charge in [-0.1, -0.05) is 81.0 Å². The van der Waals surface area contributed by atoms with Crippen molar-refractivity contribution in [3.05, 3.63) is 107 Å². The highest BCUT2D eigenvalue weighted by Gasteiger charge is 2.45. The van der Waals surface area contributed by atoms with E-state index >= 15 is 0 Å². The predicted octanol–water partition coefficient (Wildman–Crippen LogP) is 4.67. The smallest absolute Gasteiger partial charge is 0.416 e. The van der Waals surface area contributed by atoms with Crippen molar-refractivity contribution in [1.29, 1.82) is 0 Å². The van der Waals surface area contributed by atoms with Gasteiger partial charge in [0, 0.05) is 50.3 Å². The van der Waals surface area contributed by atoms with Crippen molar-refractivity contribution >= 4 is 58.8 Å². The summed E-state index contributed by atoms with van der Waals surface area (Å²) in [7, 11) is 1.45. The number of aliphatic hydroxyl groups excluding tert-OH is 1. The molecule has 4 aliphatic rings. The molecule has 3 aliphatic heterocycles. The Morgan fingerprint density at radius 3 is 1.84 bits per heavy atom. The lowest BCUT2D eigenvalue weighted by molar-refractivity contribution is -0.139. The van der Waals surface area contributed by atoms with Crippen LogP contribution in [0, 0.1) is 11.8 Å². The van der Waals surface area contributed by atoms with Gasteiger partial charge in [-0.05, 0) is 61.9 Å². The predicted molar refractivity (Wildman–Crippen MR) is 344 cm³/mol. The Balaban J connectivity index is 0.710. The number of carbonyl (C=O) groups excluding carboxylic acids is 8. The van der Waals surface area contributed by atoms with E-state index in [0.717, 1.165) is 16.0 Å². The van der Waals surface area contributed by atoms with E-state index in [1.807, 2.05) is 56.4 Å². The van der Waals surface area contributed by atoms with Gasteiger partial charge in [-0.3, -0.25) is 38.5 Å². The van der Waals surface area contributed by atoms with Gasteiger partial charge < -0.3 is 83.4 Å². The number of nitrogens with one attached hydrogen (secondary N) is 4. The van der Waals surface area contributed by atoms with Crippen molar-refractivity contribution in [3.8, 4) is 11.5 Å². The summed E-state index contributed by atoms with van der Waals surface area (Å²) in [6, 6.07) is 6.84. The molecular formula is C67H93N7O20. The molecule has 2 aromatic rings. The molecule has 0 saturated carbocycles. The van der Waals surface area contributed by atoms with Crippen LogP contribution in [0.5, 0.6) is 11.5 Å². The summed E-state index contributed by atoms with van der Waals surface area (Å²) in [6.07, 6.45) is 13.3. The Morgan fingerprint density at radius 2 is 1.24 bits per heavy atom. The Labute approximate surface area is 549 Å². The third-order valence-electron chi connectivity index (χ3n) is 15.0. The number of ether oxygens (including phenoxy) is 11. The quantitative estimate of drug-likeness (QED) is 0.0445. The first kappa shape index (κ1) is 75.2. The summed E-state index contributed by atoms with van der Waals surface area (Å²) in [6.45, 7) is 14.8. The average Bonchev–Trinajstić information content (AvgIpc) is 1.58. The van der Waals surface area contributed by atoms with Gasteiger partial charge in [0.15, 0.2) is 17.7 Å². The van der Waals surface area contributed by atoms with Crippen LogP contribution in [0.3, 0.4) is 0 Å². The molecule has 0 spiro atoms. The zero-order chi connectivity index (χ0) is 67.6. The van der Waals surface area contributed by atoms with Crippen LogP contribution in [0.4, 0.5) is 16.2 Å². The normalized spacial score (nSPS) is 18.1. The molecule has 27 nitrogen and oxygen atoms in total. The van der Waals surface area contributed by atoms with E-state index in [2.05, 4.69) is 21.3 Å². The van der Waals surface area contributed by atoms with Crippen LogP contribution in [-0.4, -0.2) is 219 Å². The lowest BCUT2D eigenvalue weighted by Gasteiger charge is -2.31. The summed E-state index contributed by atoms with van der Waals surface area (Å²) < 4.78 is 61.3. The first-order valence-corrected chi connectivity index (χ1v) is 31.9. The number of rotatable bonds is 43. The molecule has 2 aromatic carbocycles. The molecule has 27 heteroatoms. The van der Waals surface area contributed by atoms with Gasteiger partial charge in [0.1, 0.15) is 18.7 Å². The summed E-state index contributed by atoms with van der Waals surface area (Å²) in [5.74, 6) is -2.96. The average molecular weight is 1320 g/mol. The van der Waals surface area contributed by atoms with E-state index in [1.165, 1.54) is 36.0 Å². The second-order valence-corrected chi connectivity index (χ2v) is 22.6. The molecule has 8 amide bonds. The lowest BCUT2D eigenvalue weighted by atomic mass is 9.95. The molecule has 1 saturated heterocycles. The van der Waals surface area contributed by atoms with Gasteiger partial charge in [0.05, 0.1) is 143 Å². The second kappa shape index (κ2) is 41.1. The molecule has 0 bridgehead atoms. The molecule has 5 N–H and O–H groups in total. The van der Waals surface area contributed by atoms with E-state index in [0.29, 0.717) is 135 Å². The van der Waals surface area contributed by atoms with Crippen LogP contribution >= 0.6 is 0 Å². The van der Waals surface area contributed by atoms with Crippen LogP contribution in [0.15, 0.2) is 96.3 Å². The number of aliphatic hydroxyl groups is 1.